The van der Waals surface area contributed by atoms with E-state index in [-0.39, 0.29) is 0 Å². The van der Waals surface area contributed by atoms with Crippen LogP contribution in [0.3, 0.4) is 0 Å². The van der Waals surface area contributed by atoms with Gasteiger partial charge in [-0.2, -0.15) is 5.26 Å². The summed E-state index contributed by atoms with van der Waals surface area (Å²) in [5.74, 6) is -1.16. The minimum absolute atomic E-state index is 0.507. The van der Waals surface area contributed by atoms with Gasteiger partial charge in [-0.3, -0.25) is 9.59 Å². The number of carbonyl (C=O) groups is 2. The topological polar surface area (TPSA) is 73.2 Å². The monoisotopic (exact) mass is 273 g/mol. The van der Waals surface area contributed by atoms with Crippen molar-refractivity contribution in [2.24, 2.45) is 0 Å². The van der Waals surface area contributed by atoms with Crippen molar-refractivity contribution in [3.63, 3.8) is 0 Å². The van der Waals surface area contributed by atoms with Gasteiger partial charge in [0.15, 0.2) is 0 Å². The van der Waals surface area contributed by atoms with Crippen LogP contribution in [-0.2, 0) is 9.59 Å². The lowest BCUT2D eigenvalue weighted by atomic mass is 10.2. The van der Waals surface area contributed by atoms with E-state index in [1.807, 2.05) is 19.9 Å². The zero-order chi connectivity index (χ0) is 15.0. The minimum Gasteiger partial charge on any atom is -0.334 e. The van der Waals surface area contributed by atoms with E-state index >= 15 is 0 Å². The van der Waals surface area contributed by atoms with Gasteiger partial charge in [-0.15, -0.1) is 0 Å². The number of nitrogens with one attached hydrogen (secondary N) is 1. The van der Waals surface area contributed by atoms with Gasteiger partial charge in [0, 0.05) is 18.8 Å². The Labute approximate surface area is 119 Å². The van der Waals surface area contributed by atoms with Gasteiger partial charge in [0.05, 0.1) is 11.6 Å². The lowest BCUT2D eigenvalue weighted by molar-refractivity contribution is -0.143. The van der Waals surface area contributed by atoms with E-state index in [0.29, 0.717) is 24.3 Å². The third-order valence-corrected chi connectivity index (χ3v) is 2.74. The minimum atomic E-state index is -0.642. The number of carbonyl (C=O) groups excluding carboxylic acids is 2. The highest BCUT2D eigenvalue weighted by atomic mass is 16.2. The van der Waals surface area contributed by atoms with Crippen molar-refractivity contribution in [1.29, 1.82) is 5.26 Å². The van der Waals surface area contributed by atoms with Crippen molar-refractivity contribution in [2.75, 3.05) is 18.4 Å². The maximum absolute atomic E-state index is 12.0. The summed E-state index contributed by atoms with van der Waals surface area (Å²) in [6.07, 6.45) is 1.63. The highest BCUT2D eigenvalue weighted by Crippen LogP contribution is 2.09. The Balaban J connectivity index is 2.68. The van der Waals surface area contributed by atoms with E-state index in [2.05, 4.69) is 5.32 Å². The number of nitrogens with zero attached hydrogens (tertiary/aromatic N) is 2. The van der Waals surface area contributed by atoms with E-state index in [0.717, 1.165) is 12.8 Å². The van der Waals surface area contributed by atoms with E-state index in [4.69, 9.17) is 5.26 Å². The smallest absolute Gasteiger partial charge is 0.313 e. The molecule has 0 aliphatic rings. The molecule has 0 spiro atoms. The average Bonchev–Trinajstić information content (AvgIpc) is 2.47. The quantitative estimate of drug-likeness (QED) is 0.835. The van der Waals surface area contributed by atoms with Crippen molar-refractivity contribution in [2.45, 2.75) is 26.7 Å². The number of hydrogen-bond donors (Lipinski definition) is 1. The Morgan fingerprint density at radius 1 is 1.15 bits per heavy atom. The first-order chi connectivity index (χ1) is 9.62. The average molecular weight is 273 g/mol. The number of rotatable bonds is 5. The molecule has 0 unspecified atom stereocenters. The van der Waals surface area contributed by atoms with Gasteiger partial charge in [-0.1, -0.05) is 13.8 Å². The largest absolute Gasteiger partial charge is 0.334 e. The number of amides is 2. The van der Waals surface area contributed by atoms with Crippen LogP contribution in [0.5, 0.6) is 0 Å². The molecule has 106 valence electrons. The lowest BCUT2D eigenvalue weighted by Crippen LogP contribution is -2.40. The normalized spacial score (nSPS) is 9.65. The molecular formula is C15H19N3O2. The molecule has 5 heteroatoms. The summed E-state index contributed by atoms with van der Waals surface area (Å²) in [5.41, 5.74) is 1.02. The van der Waals surface area contributed by atoms with Crippen LogP contribution in [0.2, 0.25) is 0 Å². The van der Waals surface area contributed by atoms with E-state index < -0.39 is 11.8 Å². The van der Waals surface area contributed by atoms with E-state index in [9.17, 15) is 9.59 Å². The Bertz CT molecular complexity index is 497. The van der Waals surface area contributed by atoms with Gasteiger partial charge in [0.2, 0.25) is 0 Å². The molecule has 0 saturated carbocycles. The maximum atomic E-state index is 12.0. The third kappa shape index (κ3) is 4.39. The summed E-state index contributed by atoms with van der Waals surface area (Å²) in [6.45, 7) is 5.09. The van der Waals surface area contributed by atoms with Crippen molar-refractivity contribution < 1.29 is 9.59 Å². The SMILES string of the molecule is CCCN(CCC)C(=O)C(=O)Nc1ccc(C#N)cc1. The molecule has 0 saturated heterocycles. The van der Waals surface area contributed by atoms with Gasteiger partial charge in [-0.05, 0) is 37.1 Å². The van der Waals surface area contributed by atoms with Gasteiger partial charge < -0.3 is 10.2 Å². The Morgan fingerprint density at radius 3 is 2.15 bits per heavy atom. The number of benzene rings is 1. The Hall–Kier alpha value is -2.35. The van der Waals surface area contributed by atoms with Gasteiger partial charge >= 0.3 is 11.8 Å². The predicted octanol–water partition coefficient (Wildman–Crippen LogP) is 2.15. The molecule has 0 aliphatic carbocycles. The second-order valence-corrected chi connectivity index (χ2v) is 4.44. The van der Waals surface area contributed by atoms with Crippen LogP contribution in [0.4, 0.5) is 5.69 Å². The third-order valence-electron chi connectivity index (χ3n) is 2.74. The predicted molar refractivity (Wildman–Crippen MR) is 76.9 cm³/mol. The first-order valence-corrected chi connectivity index (χ1v) is 6.72. The van der Waals surface area contributed by atoms with Crippen LogP contribution in [0.1, 0.15) is 32.3 Å². The number of nitriles is 1. The van der Waals surface area contributed by atoms with Crippen molar-refractivity contribution in [1.82, 2.24) is 4.90 Å². The number of hydrogen-bond acceptors (Lipinski definition) is 3. The van der Waals surface area contributed by atoms with Gasteiger partial charge in [0.1, 0.15) is 0 Å². The highest BCUT2D eigenvalue weighted by Gasteiger charge is 2.20. The summed E-state index contributed by atoms with van der Waals surface area (Å²) in [5, 5.41) is 11.2. The van der Waals surface area contributed by atoms with Gasteiger partial charge in [-0.25, -0.2) is 0 Å². The molecule has 5 nitrogen and oxygen atoms in total. The summed E-state index contributed by atoms with van der Waals surface area (Å²) < 4.78 is 0. The summed E-state index contributed by atoms with van der Waals surface area (Å²) in [6, 6.07) is 8.39. The van der Waals surface area contributed by atoms with Crippen LogP contribution in [0, 0.1) is 11.3 Å². The first-order valence-electron chi connectivity index (χ1n) is 6.72. The lowest BCUT2D eigenvalue weighted by Gasteiger charge is -2.20. The molecule has 0 bridgehead atoms. The molecule has 0 aromatic heterocycles. The molecule has 0 fully saturated rings. The Morgan fingerprint density at radius 2 is 1.70 bits per heavy atom. The molecule has 0 aliphatic heterocycles. The molecule has 0 heterocycles. The molecular weight excluding hydrogens is 254 g/mol. The second-order valence-electron chi connectivity index (χ2n) is 4.44. The van der Waals surface area contributed by atoms with Crippen molar-refractivity contribution >= 4 is 17.5 Å². The zero-order valence-corrected chi connectivity index (χ0v) is 11.8. The van der Waals surface area contributed by atoms with Crippen LogP contribution >= 0.6 is 0 Å². The molecule has 2 amide bonds. The zero-order valence-electron chi connectivity index (χ0n) is 11.8. The van der Waals surface area contributed by atoms with Crippen LogP contribution in [-0.4, -0.2) is 29.8 Å². The fraction of sp³-hybridized carbons (Fsp3) is 0.400. The molecule has 0 atom stereocenters. The standard InChI is InChI=1S/C15H19N3O2/c1-3-9-18(10-4-2)15(20)14(19)17-13-7-5-12(11-16)6-8-13/h5-8H,3-4,9-10H2,1-2H3,(H,17,19). The fourth-order valence-corrected chi connectivity index (χ4v) is 1.81. The second kappa shape index (κ2) is 7.95. The highest BCUT2D eigenvalue weighted by molar-refractivity contribution is 6.39. The maximum Gasteiger partial charge on any atom is 0.313 e. The van der Waals surface area contributed by atoms with Crippen LogP contribution < -0.4 is 5.32 Å². The summed E-state index contributed by atoms with van der Waals surface area (Å²) >= 11 is 0. The van der Waals surface area contributed by atoms with Crippen LogP contribution in [0.15, 0.2) is 24.3 Å². The first kappa shape index (κ1) is 15.7. The van der Waals surface area contributed by atoms with Crippen LogP contribution in [0.25, 0.3) is 0 Å². The molecule has 0 radical (unpaired) electrons. The summed E-state index contributed by atoms with van der Waals surface area (Å²) in [7, 11) is 0. The molecule has 1 rings (SSSR count). The fourth-order valence-electron chi connectivity index (χ4n) is 1.81. The molecule has 20 heavy (non-hydrogen) atoms. The molecule has 1 N–H and O–H groups in total. The Kier molecular flexibility index (Phi) is 6.24. The van der Waals surface area contributed by atoms with E-state index in [1.165, 1.54) is 0 Å². The van der Waals surface area contributed by atoms with Gasteiger partial charge in [0.25, 0.3) is 0 Å². The van der Waals surface area contributed by atoms with Crippen molar-refractivity contribution in [3.8, 4) is 6.07 Å². The van der Waals surface area contributed by atoms with E-state index in [1.54, 1.807) is 29.2 Å². The number of anilines is 1. The van der Waals surface area contributed by atoms with Crippen molar-refractivity contribution in [3.05, 3.63) is 29.8 Å². The summed E-state index contributed by atoms with van der Waals surface area (Å²) in [4.78, 5) is 25.5. The molecule has 1 aromatic carbocycles. The molecule has 1 aromatic rings.